The van der Waals surface area contributed by atoms with E-state index in [-0.39, 0.29) is 23.4 Å². The summed E-state index contributed by atoms with van der Waals surface area (Å²) in [7, 11) is 0. The Balaban J connectivity index is 1.24. The van der Waals surface area contributed by atoms with Crippen LogP contribution in [0.2, 0.25) is 0 Å². The van der Waals surface area contributed by atoms with Crippen molar-refractivity contribution in [3.63, 3.8) is 0 Å². The second-order valence-corrected chi connectivity index (χ2v) is 10.9. The van der Waals surface area contributed by atoms with Crippen molar-refractivity contribution in [1.29, 1.82) is 0 Å². The number of hydrogen-bond acceptors (Lipinski definition) is 4. The summed E-state index contributed by atoms with van der Waals surface area (Å²) in [6, 6.07) is 6.75. The second-order valence-electron chi connectivity index (χ2n) is 10.9. The van der Waals surface area contributed by atoms with Gasteiger partial charge in [-0.1, -0.05) is 35.8 Å². The molecule has 4 nitrogen and oxygen atoms in total. The molecule has 168 valence electrons. The summed E-state index contributed by atoms with van der Waals surface area (Å²) in [5.41, 5.74) is 7.54. The van der Waals surface area contributed by atoms with E-state index in [0.717, 1.165) is 45.6 Å². The summed E-state index contributed by atoms with van der Waals surface area (Å²) in [5.74, 6) is 0.484. The number of piperazine rings is 1. The largest absolute Gasteiger partial charge is 0.462 e. The Morgan fingerprint density at radius 2 is 1.90 bits per heavy atom. The van der Waals surface area contributed by atoms with Crippen LogP contribution >= 0.6 is 0 Å². The van der Waals surface area contributed by atoms with Gasteiger partial charge in [0.1, 0.15) is 6.10 Å². The molecule has 4 atom stereocenters. The van der Waals surface area contributed by atoms with Crippen molar-refractivity contribution in [2.75, 3.05) is 37.6 Å². The summed E-state index contributed by atoms with van der Waals surface area (Å²) in [6.45, 7) is 14.1. The van der Waals surface area contributed by atoms with Crippen molar-refractivity contribution in [3.05, 3.63) is 40.5 Å². The molecule has 4 heteroatoms. The summed E-state index contributed by atoms with van der Waals surface area (Å²) < 4.78 is 5.99. The molecule has 0 radical (unpaired) electrons. The molecule has 1 saturated carbocycles. The average Bonchev–Trinajstić information content (AvgIpc) is 3.01. The predicted molar refractivity (Wildman–Crippen MR) is 125 cm³/mol. The smallest absolute Gasteiger partial charge is 0.310 e. The van der Waals surface area contributed by atoms with Gasteiger partial charge < -0.3 is 9.64 Å². The summed E-state index contributed by atoms with van der Waals surface area (Å²) in [6.07, 6.45) is 6.02. The molecule has 0 bridgehead atoms. The number of nitrogens with zero attached hydrogens (tertiary/aromatic N) is 2. The highest BCUT2D eigenvalue weighted by molar-refractivity contribution is 5.76. The van der Waals surface area contributed by atoms with Crippen molar-refractivity contribution in [2.45, 2.75) is 65.9 Å². The summed E-state index contributed by atoms with van der Waals surface area (Å²) in [5, 5.41) is 0. The number of carbonyl (C=O) groups is 1. The fraction of sp³-hybridized carbons (Fsp3) is 0.667. The third-order valence-electron chi connectivity index (χ3n) is 8.70. The van der Waals surface area contributed by atoms with Gasteiger partial charge in [-0.25, -0.2) is 0 Å². The highest BCUT2D eigenvalue weighted by Gasteiger charge is 2.53. The van der Waals surface area contributed by atoms with Gasteiger partial charge in [0, 0.05) is 44.3 Å². The fourth-order valence-corrected chi connectivity index (χ4v) is 6.93. The SMILES string of the molecule is CC1=C2CC3C(CC2(C)CCC1)OC(=O)C3CN1CCN(c2ccc(C)cc2C)CC1. The lowest BCUT2D eigenvalue weighted by Crippen LogP contribution is -2.49. The van der Waals surface area contributed by atoms with Gasteiger partial charge in [0.05, 0.1) is 5.92 Å². The van der Waals surface area contributed by atoms with Gasteiger partial charge in [-0.15, -0.1) is 0 Å². The van der Waals surface area contributed by atoms with Gasteiger partial charge in [0.2, 0.25) is 0 Å². The topological polar surface area (TPSA) is 32.8 Å². The van der Waals surface area contributed by atoms with E-state index < -0.39 is 0 Å². The Morgan fingerprint density at radius 1 is 1.13 bits per heavy atom. The Hall–Kier alpha value is -1.81. The Kier molecular flexibility index (Phi) is 5.40. The number of hydrogen-bond donors (Lipinski definition) is 0. The molecule has 0 aromatic heterocycles. The highest BCUT2D eigenvalue weighted by atomic mass is 16.6. The monoisotopic (exact) mass is 422 g/mol. The van der Waals surface area contributed by atoms with Gasteiger partial charge in [-0.3, -0.25) is 9.69 Å². The molecule has 1 aromatic carbocycles. The number of fused-ring (bicyclic) bond motifs is 2. The van der Waals surface area contributed by atoms with Gasteiger partial charge in [0.25, 0.3) is 0 Å². The molecular weight excluding hydrogens is 384 g/mol. The third-order valence-corrected chi connectivity index (χ3v) is 8.70. The molecule has 2 heterocycles. The lowest BCUT2D eigenvalue weighted by Gasteiger charge is -2.46. The molecular formula is C27H38N2O2. The first-order valence-corrected chi connectivity index (χ1v) is 12.3. The van der Waals surface area contributed by atoms with E-state index in [0.29, 0.717) is 5.92 Å². The van der Waals surface area contributed by atoms with Crippen LogP contribution in [-0.2, 0) is 9.53 Å². The van der Waals surface area contributed by atoms with Crippen molar-refractivity contribution < 1.29 is 9.53 Å². The number of allylic oxidation sites excluding steroid dienone is 2. The van der Waals surface area contributed by atoms with E-state index in [1.165, 1.54) is 36.1 Å². The van der Waals surface area contributed by atoms with Crippen LogP contribution in [0.1, 0.15) is 57.1 Å². The maximum atomic E-state index is 12.9. The highest BCUT2D eigenvalue weighted by Crippen LogP contribution is 2.55. The van der Waals surface area contributed by atoms with Crippen LogP contribution < -0.4 is 4.90 Å². The molecule has 1 aromatic rings. The lowest BCUT2D eigenvalue weighted by atomic mass is 9.59. The van der Waals surface area contributed by atoms with Gasteiger partial charge >= 0.3 is 5.97 Å². The molecule has 2 aliphatic heterocycles. The maximum Gasteiger partial charge on any atom is 0.310 e. The minimum Gasteiger partial charge on any atom is -0.462 e. The van der Waals surface area contributed by atoms with Crippen molar-refractivity contribution in [1.82, 2.24) is 4.90 Å². The standard InChI is InChI=1S/C27H38N2O2/c1-18-7-8-24(20(3)14-18)29-12-10-28(11-13-29)17-22-21-15-23-19(2)6-5-9-27(23,4)16-25(21)31-26(22)30/h7-8,14,21-22,25H,5-6,9-13,15-17H2,1-4H3. The Morgan fingerprint density at radius 3 is 2.65 bits per heavy atom. The number of anilines is 1. The molecule has 5 rings (SSSR count). The van der Waals surface area contributed by atoms with Crippen LogP contribution in [-0.4, -0.2) is 49.7 Å². The average molecular weight is 423 g/mol. The van der Waals surface area contributed by atoms with Gasteiger partial charge in [-0.2, -0.15) is 0 Å². The zero-order valence-electron chi connectivity index (χ0n) is 19.7. The molecule has 0 spiro atoms. The normalized spacial score (nSPS) is 33.9. The number of aryl methyl sites for hydroxylation is 2. The van der Waals surface area contributed by atoms with Crippen LogP contribution in [0.4, 0.5) is 5.69 Å². The van der Waals surface area contributed by atoms with Gasteiger partial charge in [0.15, 0.2) is 0 Å². The number of esters is 1. The van der Waals surface area contributed by atoms with Gasteiger partial charge in [-0.05, 0) is 69.9 Å². The number of carbonyl (C=O) groups excluding carboxylic acids is 1. The van der Waals surface area contributed by atoms with E-state index in [9.17, 15) is 4.79 Å². The fourth-order valence-electron chi connectivity index (χ4n) is 6.93. The first-order chi connectivity index (χ1) is 14.8. The third kappa shape index (κ3) is 3.82. The predicted octanol–water partition coefficient (Wildman–Crippen LogP) is 4.88. The molecule has 2 aliphatic carbocycles. The van der Waals surface area contributed by atoms with E-state index >= 15 is 0 Å². The quantitative estimate of drug-likeness (QED) is 0.513. The van der Waals surface area contributed by atoms with E-state index in [1.54, 1.807) is 11.1 Å². The summed E-state index contributed by atoms with van der Waals surface area (Å²) >= 11 is 0. The molecule has 2 saturated heterocycles. The molecule has 3 fully saturated rings. The van der Waals surface area contributed by atoms with Crippen molar-refractivity contribution in [2.24, 2.45) is 17.3 Å². The zero-order chi connectivity index (χ0) is 21.8. The molecule has 4 unspecified atom stereocenters. The van der Waals surface area contributed by atoms with E-state index in [2.05, 4.69) is 55.7 Å². The summed E-state index contributed by atoms with van der Waals surface area (Å²) in [4.78, 5) is 17.9. The Labute approximate surface area is 187 Å². The Bertz CT molecular complexity index is 898. The first-order valence-electron chi connectivity index (χ1n) is 12.3. The number of ether oxygens (including phenoxy) is 1. The molecule has 0 N–H and O–H groups in total. The van der Waals surface area contributed by atoms with Crippen LogP contribution in [0.5, 0.6) is 0 Å². The minimum absolute atomic E-state index is 0.0458. The van der Waals surface area contributed by atoms with E-state index in [4.69, 9.17) is 4.74 Å². The molecule has 4 aliphatic rings. The van der Waals surface area contributed by atoms with Crippen molar-refractivity contribution >= 4 is 11.7 Å². The number of benzene rings is 1. The maximum absolute atomic E-state index is 12.9. The molecule has 31 heavy (non-hydrogen) atoms. The van der Waals surface area contributed by atoms with Crippen LogP contribution in [0.25, 0.3) is 0 Å². The minimum atomic E-state index is 0.0458. The second kappa shape index (κ2) is 7.95. The van der Waals surface area contributed by atoms with Crippen LogP contribution in [0, 0.1) is 31.1 Å². The molecule has 0 amide bonds. The lowest BCUT2D eigenvalue weighted by molar-refractivity contribution is -0.145. The van der Waals surface area contributed by atoms with Crippen LogP contribution in [0.3, 0.4) is 0 Å². The van der Waals surface area contributed by atoms with Crippen molar-refractivity contribution in [3.8, 4) is 0 Å². The van der Waals surface area contributed by atoms with E-state index in [1.807, 2.05) is 0 Å². The number of rotatable bonds is 3. The zero-order valence-corrected chi connectivity index (χ0v) is 19.7. The first kappa shape index (κ1) is 21.1. The van der Waals surface area contributed by atoms with Crippen LogP contribution in [0.15, 0.2) is 29.3 Å².